The maximum absolute atomic E-state index is 12.9. The SMILES string of the molecule is C=CCN1Cc2ccccc2C(C(=O)NC(=O)CCc2ccccc2)=C1C. The molecule has 0 bridgehead atoms. The average Bonchev–Trinajstić information content (AvgIpc) is 2.68. The van der Waals surface area contributed by atoms with Gasteiger partial charge in [-0.1, -0.05) is 60.7 Å². The van der Waals surface area contributed by atoms with Gasteiger partial charge in [0, 0.05) is 25.2 Å². The number of carbonyl (C=O) groups excluding carboxylic acids is 2. The number of nitrogens with one attached hydrogen (secondary N) is 1. The van der Waals surface area contributed by atoms with Gasteiger partial charge < -0.3 is 4.90 Å². The number of hydrogen-bond donors (Lipinski definition) is 1. The van der Waals surface area contributed by atoms with Crippen LogP contribution in [0.4, 0.5) is 0 Å². The third kappa shape index (κ3) is 4.34. The topological polar surface area (TPSA) is 49.4 Å². The van der Waals surface area contributed by atoms with Crippen LogP contribution in [-0.4, -0.2) is 23.3 Å². The highest BCUT2D eigenvalue weighted by Crippen LogP contribution is 2.31. The molecule has 27 heavy (non-hydrogen) atoms. The van der Waals surface area contributed by atoms with Gasteiger partial charge >= 0.3 is 0 Å². The molecular formula is C23H24N2O2. The van der Waals surface area contributed by atoms with Crippen molar-refractivity contribution >= 4 is 17.4 Å². The van der Waals surface area contributed by atoms with E-state index in [1.165, 1.54) is 0 Å². The third-order valence-electron chi connectivity index (χ3n) is 4.80. The summed E-state index contributed by atoms with van der Waals surface area (Å²) in [6.45, 7) is 7.10. The first-order chi connectivity index (χ1) is 13.1. The van der Waals surface area contributed by atoms with Gasteiger partial charge in [0.25, 0.3) is 5.91 Å². The number of fused-ring (bicyclic) bond motifs is 1. The molecular weight excluding hydrogens is 336 g/mol. The van der Waals surface area contributed by atoms with Gasteiger partial charge in [0.05, 0.1) is 5.57 Å². The highest BCUT2D eigenvalue weighted by atomic mass is 16.2. The van der Waals surface area contributed by atoms with Crippen molar-refractivity contribution in [2.24, 2.45) is 0 Å². The summed E-state index contributed by atoms with van der Waals surface area (Å²) in [6, 6.07) is 17.6. The van der Waals surface area contributed by atoms with E-state index in [1.807, 2.05) is 67.6 Å². The van der Waals surface area contributed by atoms with E-state index in [9.17, 15) is 9.59 Å². The number of amides is 2. The maximum atomic E-state index is 12.9. The van der Waals surface area contributed by atoms with Crippen molar-refractivity contribution in [3.8, 4) is 0 Å². The van der Waals surface area contributed by atoms with Gasteiger partial charge in [-0.25, -0.2) is 0 Å². The molecule has 0 atom stereocenters. The standard InChI is InChI=1S/C23H24N2O2/c1-3-15-25-16-19-11-7-8-12-20(19)22(17(25)2)23(27)24-21(26)14-13-18-9-5-4-6-10-18/h3-12H,1,13-16H2,2H3,(H,24,26,27). The van der Waals surface area contributed by atoms with Crippen LogP contribution in [0.2, 0.25) is 0 Å². The minimum atomic E-state index is -0.341. The Morgan fingerprint density at radius 2 is 1.81 bits per heavy atom. The van der Waals surface area contributed by atoms with Gasteiger partial charge in [0.2, 0.25) is 5.91 Å². The van der Waals surface area contributed by atoms with Crippen LogP contribution in [0.5, 0.6) is 0 Å². The smallest absolute Gasteiger partial charge is 0.260 e. The highest BCUT2D eigenvalue weighted by molar-refractivity contribution is 6.24. The molecule has 1 N–H and O–H groups in total. The van der Waals surface area contributed by atoms with Crippen molar-refractivity contribution < 1.29 is 9.59 Å². The number of carbonyl (C=O) groups is 2. The number of benzene rings is 2. The number of imide groups is 1. The minimum Gasteiger partial charge on any atom is -0.366 e. The zero-order chi connectivity index (χ0) is 19.2. The second-order valence-corrected chi connectivity index (χ2v) is 6.65. The Hall–Kier alpha value is -3.14. The normalized spacial score (nSPS) is 13.1. The number of rotatable bonds is 6. The van der Waals surface area contributed by atoms with Crippen LogP contribution in [-0.2, 0) is 22.6 Å². The van der Waals surface area contributed by atoms with Crippen LogP contribution in [0.1, 0.15) is 30.0 Å². The Bertz CT molecular complexity index is 884. The molecule has 0 aromatic heterocycles. The first kappa shape index (κ1) is 18.6. The van der Waals surface area contributed by atoms with Gasteiger partial charge in [-0.05, 0) is 30.0 Å². The number of nitrogens with zero attached hydrogens (tertiary/aromatic N) is 1. The minimum absolute atomic E-state index is 0.262. The van der Waals surface area contributed by atoms with E-state index in [0.29, 0.717) is 18.5 Å². The lowest BCUT2D eigenvalue weighted by molar-refractivity contribution is -0.127. The van der Waals surface area contributed by atoms with Crippen molar-refractivity contribution in [3.05, 3.63) is 89.6 Å². The zero-order valence-electron chi connectivity index (χ0n) is 15.6. The average molecular weight is 360 g/mol. The lowest BCUT2D eigenvalue weighted by Crippen LogP contribution is -2.36. The highest BCUT2D eigenvalue weighted by Gasteiger charge is 2.26. The van der Waals surface area contributed by atoms with E-state index in [1.54, 1.807) is 0 Å². The molecule has 0 saturated carbocycles. The predicted octanol–water partition coefficient (Wildman–Crippen LogP) is 3.69. The number of allylic oxidation sites excluding steroid dienone is 1. The van der Waals surface area contributed by atoms with Crippen molar-refractivity contribution in [1.82, 2.24) is 10.2 Å². The molecule has 4 nitrogen and oxygen atoms in total. The van der Waals surface area contributed by atoms with E-state index >= 15 is 0 Å². The molecule has 1 aliphatic heterocycles. The second-order valence-electron chi connectivity index (χ2n) is 6.65. The molecule has 2 amide bonds. The summed E-state index contributed by atoms with van der Waals surface area (Å²) in [5.74, 6) is -0.603. The molecule has 0 radical (unpaired) electrons. The monoisotopic (exact) mass is 360 g/mol. The molecule has 4 heteroatoms. The Morgan fingerprint density at radius 3 is 2.56 bits per heavy atom. The third-order valence-corrected chi connectivity index (χ3v) is 4.80. The first-order valence-electron chi connectivity index (χ1n) is 9.13. The van der Waals surface area contributed by atoms with E-state index in [4.69, 9.17) is 0 Å². The summed E-state index contributed by atoms with van der Waals surface area (Å²) >= 11 is 0. The van der Waals surface area contributed by atoms with Crippen molar-refractivity contribution in [2.45, 2.75) is 26.3 Å². The van der Waals surface area contributed by atoms with Crippen LogP contribution in [0.25, 0.3) is 5.57 Å². The van der Waals surface area contributed by atoms with Gasteiger partial charge in [0.15, 0.2) is 0 Å². The second kappa shape index (κ2) is 8.49. The quantitative estimate of drug-likeness (QED) is 0.799. The van der Waals surface area contributed by atoms with E-state index in [-0.39, 0.29) is 18.2 Å². The van der Waals surface area contributed by atoms with Crippen LogP contribution in [0.15, 0.2) is 72.9 Å². The molecule has 3 rings (SSSR count). The molecule has 0 spiro atoms. The van der Waals surface area contributed by atoms with E-state index < -0.39 is 0 Å². The van der Waals surface area contributed by atoms with Crippen molar-refractivity contribution in [2.75, 3.05) is 6.54 Å². The fourth-order valence-corrected chi connectivity index (χ4v) is 3.38. The van der Waals surface area contributed by atoms with Crippen LogP contribution < -0.4 is 5.32 Å². The summed E-state index contributed by atoms with van der Waals surface area (Å²) in [5.41, 5.74) is 4.47. The number of hydrogen-bond acceptors (Lipinski definition) is 3. The van der Waals surface area contributed by atoms with Crippen molar-refractivity contribution in [3.63, 3.8) is 0 Å². The molecule has 0 saturated heterocycles. The van der Waals surface area contributed by atoms with Crippen LogP contribution in [0.3, 0.4) is 0 Å². The van der Waals surface area contributed by atoms with Gasteiger partial charge in [0.1, 0.15) is 0 Å². The van der Waals surface area contributed by atoms with Crippen molar-refractivity contribution in [1.29, 1.82) is 0 Å². The summed E-state index contributed by atoms with van der Waals surface area (Å²) in [6.07, 6.45) is 2.70. The summed E-state index contributed by atoms with van der Waals surface area (Å²) in [5, 5.41) is 2.57. The molecule has 2 aromatic rings. The van der Waals surface area contributed by atoms with Crippen LogP contribution >= 0.6 is 0 Å². The van der Waals surface area contributed by atoms with E-state index in [2.05, 4.69) is 16.8 Å². The first-order valence-corrected chi connectivity index (χ1v) is 9.13. The van der Waals surface area contributed by atoms with Gasteiger partial charge in [-0.2, -0.15) is 0 Å². The molecule has 2 aromatic carbocycles. The van der Waals surface area contributed by atoms with Gasteiger partial charge in [-0.15, -0.1) is 6.58 Å². The lowest BCUT2D eigenvalue weighted by Gasteiger charge is -2.32. The lowest BCUT2D eigenvalue weighted by atomic mass is 9.93. The summed E-state index contributed by atoms with van der Waals surface area (Å²) in [4.78, 5) is 27.3. The largest absolute Gasteiger partial charge is 0.366 e. The Morgan fingerprint density at radius 1 is 1.11 bits per heavy atom. The maximum Gasteiger partial charge on any atom is 0.260 e. The van der Waals surface area contributed by atoms with Gasteiger partial charge in [-0.3, -0.25) is 14.9 Å². The fraction of sp³-hybridized carbons (Fsp3) is 0.217. The Labute approximate surface area is 160 Å². The zero-order valence-corrected chi connectivity index (χ0v) is 15.6. The summed E-state index contributed by atoms with van der Waals surface area (Å²) in [7, 11) is 0. The molecule has 1 heterocycles. The Balaban J connectivity index is 1.75. The molecule has 0 unspecified atom stereocenters. The predicted molar refractivity (Wildman–Crippen MR) is 108 cm³/mol. The Kier molecular flexibility index (Phi) is 5.87. The molecule has 138 valence electrons. The molecule has 0 aliphatic carbocycles. The molecule has 1 aliphatic rings. The number of aryl methyl sites for hydroxylation is 1. The summed E-state index contributed by atoms with van der Waals surface area (Å²) < 4.78 is 0. The molecule has 0 fully saturated rings. The fourth-order valence-electron chi connectivity index (χ4n) is 3.38. The van der Waals surface area contributed by atoms with E-state index in [0.717, 1.165) is 28.9 Å². The van der Waals surface area contributed by atoms with Crippen LogP contribution in [0, 0.1) is 0 Å².